The zero-order valence-corrected chi connectivity index (χ0v) is 11.8. The van der Waals surface area contributed by atoms with Crippen molar-refractivity contribution in [3.8, 4) is 0 Å². The van der Waals surface area contributed by atoms with Gasteiger partial charge in [-0.1, -0.05) is 13.3 Å². The molecule has 1 saturated heterocycles. The minimum absolute atomic E-state index is 0.101. The van der Waals surface area contributed by atoms with Gasteiger partial charge in [0.05, 0.1) is 0 Å². The predicted molar refractivity (Wildman–Crippen MR) is 78.0 cm³/mol. The number of hydrogen-bond acceptors (Lipinski definition) is 5. The van der Waals surface area contributed by atoms with Gasteiger partial charge in [0.1, 0.15) is 11.5 Å². The molecule has 0 aliphatic carbocycles. The highest BCUT2D eigenvalue weighted by Gasteiger charge is 2.26. The Kier molecular flexibility index (Phi) is 4.49. The van der Waals surface area contributed by atoms with Crippen molar-refractivity contribution in [2.45, 2.75) is 32.7 Å². The monoisotopic (exact) mass is 282 g/mol. The van der Waals surface area contributed by atoms with E-state index in [9.17, 15) is 14.7 Å². The maximum absolute atomic E-state index is 12.0. The summed E-state index contributed by atoms with van der Waals surface area (Å²) in [5, 5.41) is 9.19. The third kappa shape index (κ3) is 2.72. The van der Waals surface area contributed by atoms with E-state index in [-0.39, 0.29) is 18.3 Å². The van der Waals surface area contributed by atoms with E-state index >= 15 is 0 Å². The van der Waals surface area contributed by atoms with E-state index in [2.05, 4.69) is 4.98 Å². The van der Waals surface area contributed by atoms with Crippen LogP contribution in [0.25, 0.3) is 0 Å². The fourth-order valence-corrected chi connectivity index (χ4v) is 2.61. The van der Waals surface area contributed by atoms with Crippen LogP contribution >= 0.6 is 0 Å². The molecule has 0 bridgehead atoms. The zero-order chi connectivity index (χ0) is 14.7. The van der Waals surface area contributed by atoms with Gasteiger partial charge < -0.3 is 15.7 Å². The molecule has 1 fully saturated rings. The SMILES string of the molecule is CCCCn1c(N)c(N2CCC(CO)C2)c(=O)[nH]c1=O. The number of hydrogen-bond donors (Lipinski definition) is 3. The Hall–Kier alpha value is -1.76. The number of nitrogens with two attached hydrogens (primary N) is 1. The number of nitrogens with zero attached hydrogens (tertiary/aromatic N) is 2. The number of nitrogens with one attached hydrogen (secondary N) is 1. The number of unbranched alkanes of at least 4 members (excludes halogenated alkanes) is 1. The molecule has 0 radical (unpaired) electrons. The normalized spacial score (nSPS) is 18.7. The lowest BCUT2D eigenvalue weighted by Crippen LogP contribution is -2.37. The first-order chi connectivity index (χ1) is 9.58. The number of rotatable bonds is 5. The van der Waals surface area contributed by atoms with Gasteiger partial charge in [0.15, 0.2) is 0 Å². The third-order valence-corrected chi connectivity index (χ3v) is 3.81. The molecule has 0 amide bonds. The van der Waals surface area contributed by atoms with Gasteiger partial charge in [-0.05, 0) is 12.8 Å². The number of aliphatic hydroxyl groups is 1. The first-order valence-electron chi connectivity index (χ1n) is 7.06. The van der Waals surface area contributed by atoms with Gasteiger partial charge in [0, 0.05) is 32.2 Å². The molecular formula is C13H22N4O3. The van der Waals surface area contributed by atoms with Crippen LogP contribution in [0.15, 0.2) is 9.59 Å². The lowest BCUT2D eigenvalue weighted by atomic mass is 10.1. The van der Waals surface area contributed by atoms with E-state index in [1.165, 1.54) is 4.57 Å². The van der Waals surface area contributed by atoms with Crippen molar-refractivity contribution in [3.05, 3.63) is 20.8 Å². The molecule has 1 aromatic heterocycles. The number of aromatic nitrogens is 2. The summed E-state index contributed by atoms with van der Waals surface area (Å²) in [6.07, 6.45) is 2.59. The summed E-state index contributed by atoms with van der Waals surface area (Å²) in [5.41, 5.74) is 5.49. The molecule has 1 unspecified atom stereocenters. The van der Waals surface area contributed by atoms with Crippen LogP contribution in [0, 0.1) is 5.92 Å². The number of aliphatic hydroxyl groups excluding tert-OH is 1. The van der Waals surface area contributed by atoms with E-state index in [0.717, 1.165) is 19.3 Å². The zero-order valence-electron chi connectivity index (χ0n) is 11.8. The van der Waals surface area contributed by atoms with E-state index in [0.29, 0.717) is 25.3 Å². The fraction of sp³-hybridized carbons (Fsp3) is 0.692. The Bertz CT molecular complexity index is 578. The van der Waals surface area contributed by atoms with Crippen LogP contribution in [-0.4, -0.2) is 34.4 Å². The Labute approximate surface area is 117 Å². The van der Waals surface area contributed by atoms with E-state index < -0.39 is 11.2 Å². The topological polar surface area (TPSA) is 104 Å². The molecule has 7 nitrogen and oxygen atoms in total. The minimum Gasteiger partial charge on any atom is -0.396 e. The average molecular weight is 282 g/mol. The van der Waals surface area contributed by atoms with Gasteiger partial charge in [-0.2, -0.15) is 0 Å². The van der Waals surface area contributed by atoms with Crippen molar-refractivity contribution in [1.82, 2.24) is 9.55 Å². The van der Waals surface area contributed by atoms with E-state index in [1.807, 2.05) is 11.8 Å². The molecule has 4 N–H and O–H groups in total. The molecule has 7 heteroatoms. The minimum atomic E-state index is -0.456. The molecule has 0 spiro atoms. The first-order valence-corrected chi connectivity index (χ1v) is 7.06. The van der Waals surface area contributed by atoms with Crippen molar-refractivity contribution in [2.75, 3.05) is 30.3 Å². The molecule has 20 heavy (non-hydrogen) atoms. The summed E-state index contributed by atoms with van der Waals surface area (Å²) in [6, 6.07) is 0. The second kappa shape index (κ2) is 6.13. The van der Waals surface area contributed by atoms with Gasteiger partial charge in [-0.25, -0.2) is 4.79 Å². The third-order valence-electron chi connectivity index (χ3n) is 3.81. The van der Waals surface area contributed by atoms with E-state index in [1.54, 1.807) is 0 Å². The maximum Gasteiger partial charge on any atom is 0.330 e. The highest BCUT2D eigenvalue weighted by atomic mass is 16.3. The molecule has 0 saturated carbocycles. The largest absolute Gasteiger partial charge is 0.396 e. The molecule has 2 heterocycles. The van der Waals surface area contributed by atoms with Gasteiger partial charge in [-0.15, -0.1) is 0 Å². The number of anilines is 2. The van der Waals surface area contributed by atoms with Crippen molar-refractivity contribution in [1.29, 1.82) is 0 Å². The molecule has 1 aliphatic rings. The van der Waals surface area contributed by atoms with Crippen molar-refractivity contribution in [3.63, 3.8) is 0 Å². The first kappa shape index (κ1) is 14.6. The Morgan fingerprint density at radius 1 is 1.45 bits per heavy atom. The lowest BCUT2D eigenvalue weighted by Gasteiger charge is -2.21. The standard InChI is InChI=1S/C13H22N4O3/c1-2-3-5-17-11(14)10(12(19)15-13(17)20)16-6-4-9(7-16)8-18/h9,18H,2-8,14H2,1H3,(H,15,19,20). The molecule has 0 aromatic carbocycles. The van der Waals surface area contributed by atoms with Crippen molar-refractivity contribution >= 4 is 11.5 Å². The summed E-state index contributed by atoms with van der Waals surface area (Å²) in [6.45, 7) is 3.90. The van der Waals surface area contributed by atoms with Crippen LogP contribution in [0.5, 0.6) is 0 Å². The quantitative estimate of drug-likeness (QED) is 0.690. The Balaban J connectivity index is 2.38. The fourth-order valence-electron chi connectivity index (χ4n) is 2.61. The van der Waals surface area contributed by atoms with Crippen LogP contribution in [-0.2, 0) is 6.54 Å². The molecule has 2 rings (SSSR count). The van der Waals surface area contributed by atoms with Crippen LogP contribution in [0.1, 0.15) is 26.2 Å². The number of nitrogen functional groups attached to an aromatic ring is 1. The lowest BCUT2D eigenvalue weighted by molar-refractivity contribution is 0.238. The van der Waals surface area contributed by atoms with Gasteiger partial charge in [0.2, 0.25) is 0 Å². The molecule has 1 aliphatic heterocycles. The van der Waals surface area contributed by atoms with E-state index in [4.69, 9.17) is 5.73 Å². The summed E-state index contributed by atoms with van der Waals surface area (Å²) >= 11 is 0. The second-order valence-electron chi connectivity index (χ2n) is 5.28. The summed E-state index contributed by atoms with van der Waals surface area (Å²) in [7, 11) is 0. The highest BCUT2D eigenvalue weighted by molar-refractivity contribution is 5.62. The summed E-state index contributed by atoms with van der Waals surface area (Å²) in [4.78, 5) is 28.0. The van der Waals surface area contributed by atoms with Crippen molar-refractivity contribution in [2.24, 2.45) is 5.92 Å². The summed E-state index contributed by atoms with van der Waals surface area (Å²) < 4.78 is 1.42. The Morgan fingerprint density at radius 2 is 2.20 bits per heavy atom. The second-order valence-corrected chi connectivity index (χ2v) is 5.28. The van der Waals surface area contributed by atoms with Gasteiger partial charge in [-0.3, -0.25) is 14.3 Å². The van der Waals surface area contributed by atoms with Crippen LogP contribution in [0.2, 0.25) is 0 Å². The van der Waals surface area contributed by atoms with Gasteiger partial charge >= 0.3 is 5.69 Å². The van der Waals surface area contributed by atoms with Crippen LogP contribution in [0.4, 0.5) is 11.5 Å². The maximum atomic E-state index is 12.0. The molecule has 1 atom stereocenters. The molecular weight excluding hydrogens is 260 g/mol. The molecule has 1 aromatic rings. The van der Waals surface area contributed by atoms with Crippen molar-refractivity contribution < 1.29 is 5.11 Å². The van der Waals surface area contributed by atoms with Crippen LogP contribution in [0.3, 0.4) is 0 Å². The number of H-pyrrole nitrogens is 1. The van der Waals surface area contributed by atoms with Gasteiger partial charge in [0.25, 0.3) is 5.56 Å². The summed E-state index contributed by atoms with van der Waals surface area (Å²) in [5.74, 6) is 0.385. The predicted octanol–water partition coefficient (Wildman–Crippen LogP) is -0.262. The average Bonchev–Trinajstić information content (AvgIpc) is 2.87. The molecule has 112 valence electrons. The van der Waals surface area contributed by atoms with Crippen LogP contribution < -0.4 is 21.9 Å². The Morgan fingerprint density at radius 3 is 2.80 bits per heavy atom. The smallest absolute Gasteiger partial charge is 0.330 e. The number of aromatic amines is 1. The highest BCUT2D eigenvalue weighted by Crippen LogP contribution is 2.24.